The van der Waals surface area contributed by atoms with E-state index in [-0.39, 0.29) is 6.04 Å². The van der Waals surface area contributed by atoms with Gasteiger partial charge in [-0.1, -0.05) is 23.7 Å². The van der Waals surface area contributed by atoms with Crippen LogP contribution in [0.1, 0.15) is 22.0 Å². The highest BCUT2D eigenvalue weighted by atomic mass is 35.5. The SMILES string of the molecule is Cc1ccsc1C(NN)c1cccc(Cl)c1. The fourth-order valence-electron chi connectivity index (χ4n) is 1.69. The quantitative estimate of drug-likeness (QED) is 0.650. The zero-order valence-corrected chi connectivity index (χ0v) is 10.5. The van der Waals surface area contributed by atoms with Gasteiger partial charge in [0.05, 0.1) is 6.04 Å². The average Bonchev–Trinajstić information content (AvgIpc) is 2.67. The van der Waals surface area contributed by atoms with Crippen molar-refractivity contribution in [2.45, 2.75) is 13.0 Å². The van der Waals surface area contributed by atoms with Crippen molar-refractivity contribution in [3.05, 3.63) is 56.7 Å². The Bertz CT molecular complexity index is 481. The Balaban J connectivity index is 2.40. The van der Waals surface area contributed by atoms with E-state index in [2.05, 4.69) is 23.8 Å². The fourth-order valence-corrected chi connectivity index (χ4v) is 2.90. The number of hydrazine groups is 1. The van der Waals surface area contributed by atoms with E-state index in [9.17, 15) is 0 Å². The topological polar surface area (TPSA) is 38.0 Å². The van der Waals surface area contributed by atoms with Crippen LogP contribution in [-0.2, 0) is 0 Å². The number of rotatable bonds is 3. The molecular weight excluding hydrogens is 240 g/mol. The summed E-state index contributed by atoms with van der Waals surface area (Å²) in [5.74, 6) is 5.63. The number of nitrogens with one attached hydrogen (secondary N) is 1. The highest BCUT2D eigenvalue weighted by Crippen LogP contribution is 2.29. The number of aryl methyl sites for hydroxylation is 1. The van der Waals surface area contributed by atoms with Gasteiger partial charge in [0, 0.05) is 9.90 Å². The first-order valence-electron chi connectivity index (χ1n) is 4.98. The Morgan fingerprint density at radius 1 is 1.38 bits per heavy atom. The molecule has 1 unspecified atom stereocenters. The lowest BCUT2D eigenvalue weighted by Gasteiger charge is -2.16. The van der Waals surface area contributed by atoms with E-state index >= 15 is 0 Å². The standard InChI is InChI=1S/C12H13ClN2S/c1-8-5-6-16-12(8)11(15-14)9-3-2-4-10(13)7-9/h2-7,11,15H,14H2,1H3. The van der Waals surface area contributed by atoms with Crippen LogP contribution >= 0.6 is 22.9 Å². The number of thiophene rings is 1. The van der Waals surface area contributed by atoms with Crippen molar-refractivity contribution in [3.8, 4) is 0 Å². The van der Waals surface area contributed by atoms with Gasteiger partial charge in [-0.15, -0.1) is 11.3 Å². The van der Waals surface area contributed by atoms with Crippen LogP contribution in [-0.4, -0.2) is 0 Å². The first-order chi connectivity index (χ1) is 7.72. The maximum absolute atomic E-state index is 5.98. The number of hydrogen-bond acceptors (Lipinski definition) is 3. The van der Waals surface area contributed by atoms with E-state index in [1.54, 1.807) is 11.3 Å². The minimum Gasteiger partial charge on any atom is -0.271 e. The van der Waals surface area contributed by atoms with E-state index in [1.807, 2.05) is 24.3 Å². The molecule has 1 atom stereocenters. The van der Waals surface area contributed by atoms with Crippen molar-refractivity contribution >= 4 is 22.9 Å². The molecule has 4 heteroatoms. The molecule has 1 heterocycles. The molecule has 0 aliphatic heterocycles. The van der Waals surface area contributed by atoms with Gasteiger partial charge in [-0.25, -0.2) is 5.43 Å². The van der Waals surface area contributed by atoms with Crippen molar-refractivity contribution < 1.29 is 0 Å². The Hall–Kier alpha value is -0.870. The van der Waals surface area contributed by atoms with Crippen molar-refractivity contribution in [1.29, 1.82) is 0 Å². The van der Waals surface area contributed by atoms with Gasteiger partial charge >= 0.3 is 0 Å². The molecule has 16 heavy (non-hydrogen) atoms. The Morgan fingerprint density at radius 3 is 2.75 bits per heavy atom. The molecule has 0 saturated carbocycles. The monoisotopic (exact) mass is 252 g/mol. The molecule has 0 spiro atoms. The van der Waals surface area contributed by atoms with Crippen LogP contribution in [0.2, 0.25) is 5.02 Å². The third-order valence-corrected chi connectivity index (χ3v) is 3.83. The average molecular weight is 253 g/mol. The second-order valence-electron chi connectivity index (χ2n) is 3.62. The second-order valence-corrected chi connectivity index (χ2v) is 5.01. The zero-order valence-electron chi connectivity index (χ0n) is 8.91. The molecule has 0 saturated heterocycles. The van der Waals surface area contributed by atoms with Crippen LogP contribution in [0.15, 0.2) is 35.7 Å². The van der Waals surface area contributed by atoms with Crippen LogP contribution in [0.4, 0.5) is 0 Å². The lowest BCUT2D eigenvalue weighted by molar-refractivity contribution is 0.644. The van der Waals surface area contributed by atoms with E-state index in [1.165, 1.54) is 10.4 Å². The first-order valence-corrected chi connectivity index (χ1v) is 6.23. The molecule has 2 aromatic rings. The third kappa shape index (κ3) is 2.28. The minimum atomic E-state index is 0.0127. The largest absolute Gasteiger partial charge is 0.271 e. The predicted octanol–water partition coefficient (Wildman–Crippen LogP) is 3.26. The molecule has 0 bridgehead atoms. The molecule has 0 radical (unpaired) electrons. The summed E-state index contributed by atoms with van der Waals surface area (Å²) >= 11 is 7.68. The summed E-state index contributed by atoms with van der Waals surface area (Å²) in [7, 11) is 0. The fraction of sp³-hybridized carbons (Fsp3) is 0.167. The highest BCUT2D eigenvalue weighted by Gasteiger charge is 2.15. The number of benzene rings is 1. The normalized spacial score (nSPS) is 12.7. The van der Waals surface area contributed by atoms with Crippen LogP contribution in [0, 0.1) is 6.92 Å². The molecule has 2 rings (SSSR count). The molecule has 2 nitrogen and oxygen atoms in total. The van der Waals surface area contributed by atoms with E-state index in [4.69, 9.17) is 17.4 Å². The molecule has 0 amide bonds. The second kappa shape index (κ2) is 4.97. The zero-order chi connectivity index (χ0) is 11.5. The molecule has 0 aliphatic rings. The van der Waals surface area contributed by atoms with Crippen LogP contribution < -0.4 is 11.3 Å². The molecule has 0 aliphatic carbocycles. The summed E-state index contributed by atoms with van der Waals surface area (Å²) < 4.78 is 0. The van der Waals surface area contributed by atoms with Gasteiger partial charge in [0.25, 0.3) is 0 Å². The smallest absolute Gasteiger partial charge is 0.0805 e. The van der Waals surface area contributed by atoms with E-state index < -0.39 is 0 Å². The van der Waals surface area contributed by atoms with Gasteiger partial charge in [0.15, 0.2) is 0 Å². The van der Waals surface area contributed by atoms with Gasteiger partial charge in [-0.05, 0) is 41.6 Å². The maximum atomic E-state index is 5.98. The van der Waals surface area contributed by atoms with Gasteiger partial charge in [-0.2, -0.15) is 0 Å². The molecule has 1 aromatic carbocycles. The summed E-state index contributed by atoms with van der Waals surface area (Å²) in [4.78, 5) is 1.23. The van der Waals surface area contributed by atoms with Crippen molar-refractivity contribution in [1.82, 2.24) is 5.43 Å². The molecule has 0 fully saturated rings. The van der Waals surface area contributed by atoms with Gasteiger partial charge < -0.3 is 0 Å². The van der Waals surface area contributed by atoms with Gasteiger partial charge in [0.2, 0.25) is 0 Å². The Labute approximate surface area is 104 Å². The highest BCUT2D eigenvalue weighted by molar-refractivity contribution is 7.10. The van der Waals surface area contributed by atoms with Crippen molar-refractivity contribution in [2.24, 2.45) is 5.84 Å². The van der Waals surface area contributed by atoms with Crippen molar-refractivity contribution in [3.63, 3.8) is 0 Å². The Kier molecular flexibility index (Phi) is 3.61. The lowest BCUT2D eigenvalue weighted by atomic mass is 10.0. The molecular formula is C12H13ClN2S. The summed E-state index contributed by atoms with van der Waals surface area (Å²) in [5.41, 5.74) is 5.17. The Morgan fingerprint density at radius 2 is 2.19 bits per heavy atom. The third-order valence-electron chi connectivity index (χ3n) is 2.51. The predicted molar refractivity (Wildman–Crippen MR) is 69.7 cm³/mol. The maximum Gasteiger partial charge on any atom is 0.0805 e. The summed E-state index contributed by atoms with van der Waals surface area (Å²) in [6, 6.07) is 9.86. The van der Waals surface area contributed by atoms with Crippen LogP contribution in [0.25, 0.3) is 0 Å². The molecule has 84 valence electrons. The van der Waals surface area contributed by atoms with Crippen LogP contribution in [0.3, 0.4) is 0 Å². The van der Waals surface area contributed by atoms with Crippen LogP contribution in [0.5, 0.6) is 0 Å². The van der Waals surface area contributed by atoms with Gasteiger partial charge in [0.1, 0.15) is 0 Å². The van der Waals surface area contributed by atoms with E-state index in [0.717, 1.165) is 10.6 Å². The number of hydrogen-bond donors (Lipinski definition) is 2. The first kappa shape index (κ1) is 11.6. The minimum absolute atomic E-state index is 0.0127. The summed E-state index contributed by atoms with van der Waals surface area (Å²) in [6.45, 7) is 2.08. The molecule has 3 N–H and O–H groups in total. The van der Waals surface area contributed by atoms with Crippen molar-refractivity contribution in [2.75, 3.05) is 0 Å². The number of nitrogens with two attached hydrogens (primary N) is 1. The molecule has 1 aromatic heterocycles. The lowest BCUT2D eigenvalue weighted by Crippen LogP contribution is -2.28. The summed E-state index contributed by atoms with van der Waals surface area (Å²) in [6.07, 6.45) is 0. The van der Waals surface area contributed by atoms with Gasteiger partial charge in [-0.3, -0.25) is 5.84 Å². The van der Waals surface area contributed by atoms with E-state index in [0.29, 0.717) is 0 Å². The summed E-state index contributed by atoms with van der Waals surface area (Å²) in [5, 5.41) is 2.80. The number of halogens is 1.